The highest BCUT2D eigenvalue weighted by Crippen LogP contribution is 2.43. The minimum atomic E-state index is -0.649. The van der Waals surface area contributed by atoms with Gasteiger partial charge >= 0.3 is 6.03 Å². The maximum atomic E-state index is 13.6. The molecule has 0 radical (unpaired) electrons. The second-order valence-electron chi connectivity index (χ2n) is 12.4. The summed E-state index contributed by atoms with van der Waals surface area (Å²) in [7, 11) is 0. The van der Waals surface area contributed by atoms with Crippen molar-refractivity contribution in [1.29, 1.82) is 0 Å². The van der Waals surface area contributed by atoms with Gasteiger partial charge in [-0.3, -0.25) is 19.7 Å². The quantitative estimate of drug-likeness (QED) is 0.529. The van der Waals surface area contributed by atoms with E-state index >= 15 is 0 Å². The number of carbonyl (C=O) groups excluding carboxylic acids is 4. The van der Waals surface area contributed by atoms with E-state index in [9.17, 15) is 23.6 Å². The molecule has 1 atom stereocenters. The standard InChI is InChI=1S/C32H35FN4O4/c1-32(2)12-11-22(26(16-32)21-4-6-24(33)7-5-21)18-36-14-13-35(31(36)41)17-20-3-8-25-23(15-20)19-37(30(25)40)27-9-10-28(38)34-29(27)39/h3-8,15,27H,9-14,16-19H2,1-2H3,(H,34,38,39). The highest BCUT2D eigenvalue weighted by atomic mass is 19.1. The summed E-state index contributed by atoms with van der Waals surface area (Å²) in [5.41, 5.74) is 5.97. The highest BCUT2D eigenvalue weighted by Gasteiger charge is 2.39. The molecule has 0 aromatic heterocycles. The van der Waals surface area contributed by atoms with Gasteiger partial charge in [0.2, 0.25) is 11.8 Å². The fraction of sp³-hybridized carbons (Fsp3) is 0.438. The number of hydrogen-bond acceptors (Lipinski definition) is 4. The number of benzene rings is 2. The number of halogens is 1. The van der Waals surface area contributed by atoms with Crippen molar-refractivity contribution in [3.05, 3.63) is 76.1 Å². The molecule has 8 nitrogen and oxygen atoms in total. The van der Waals surface area contributed by atoms with Crippen LogP contribution >= 0.6 is 0 Å². The summed E-state index contributed by atoms with van der Waals surface area (Å²) in [4.78, 5) is 55.6. The molecule has 0 saturated carbocycles. The molecule has 1 aliphatic carbocycles. The van der Waals surface area contributed by atoms with Gasteiger partial charge in [-0.15, -0.1) is 0 Å². The number of carbonyl (C=O) groups is 4. The van der Waals surface area contributed by atoms with Crippen molar-refractivity contribution in [3.63, 3.8) is 0 Å². The first-order chi connectivity index (χ1) is 19.6. The van der Waals surface area contributed by atoms with E-state index < -0.39 is 11.9 Å². The van der Waals surface area contributed by atoms with Gasteiger partial charge < -0.3 is 14.7 Å². The van der Waals surface area contributed by atoms with Crippen molar-refractivity contribution in [2.24, 2.45) is 5.41 Å². The summed E-state index contributed by atoms with van der Waals surface area (Å²) in [5, 5.41) is 2.33. The number of fused-ring (bicyclic) bond motifs is 1. The average molecular weight is 559 g/mol. The first kappa shape index (κ1) is 27.2. The van der Waals surface area contributed by atoms with Crippen LogP contribution in [0, 0.1) is 11.2 Å². The Morgan fingerprint density at radius 1 is 0.951 bits per heavy atom. The van der Waals surface area contributed by atoms with E-state index in [-0.39, 0.29) is 35.5 Å². The highest BCUT2D eigenvalue weighted by molar-refractivity contribution is 6.05. The number of hydrogen-bond donors (Lipinski definition) is 1. The molecule has 1 unspecified atom stereocenters. The van der Waals surface area contributed by atoms with Gasteiger partial charge in [0.05, 0.1) is 0 Å². The summed E-state index contributed by atoms with van der Waals surface area (Å²) in [6.45, 7) is 7.07. The molecule has 2 fully saturated rings. The van der Waals surface area contributed by atoms with Crippen LogP contribution in [0.2, 0.25) is 0 Å². The van der Waals surface area contributed by atoms with Crippen LogP contribution < -0.4 is 5.32 Å². The van der Waals surface area contributed by atoms with Gasteiger partial charge in [-0.2, -0.15) is 0 Å². The molecular weight excluding hydrogens is 523 g/mol. The third kappa shape index (κ3) is 5.37. The number of rotatable bonds is 6. The summed E-state index contributed by atoms with van der Waals surface area (Å²) in [6, 6.07) is 11.6. The van der Waals surface area contributed by atoms with Crippen molar-refractivity contribution in [2.75, 3.05) is 19.6 Å². The fourth-order valence-electron chi connectivity index (χ4n) is 6.57. The Morgan fingerprint density at radius 2 is 1.68 bits per heavy atom. The van der Waals surface area contributed by atoms with E-state index in [4.69, 9.17) is 0 Å². The summed E-state index contributed by atoms with van der Waals surface area (Å²) in [5.74, 6) is -1.19. The Morgan fingerprint density at radius 3 is 2.41 bits per heavy atom. The molecule has 2 aromatic carbocycles. The molecule has 214 valence electrons. The van der Waals surface area contributed by atoms with Crippen LogP contribution in [-0.4, -0.2) is 64.1 Å². The molecule has 0 bridgehead atoms. The molecule has 2 aromatic rings. The molecule has 5 amide bonds. The number of nitrogens with zero attached hydrogens (tertiary/aromatic N) is 3. The van der Waals surface area contributed by atoms with Gasteiger partial charge in [0.25, 0.3) is 5.91 Å². The van der Waals surface area contributed by atoms with Crippen LogP contribution in [0.3, 0.4) is 0 Å². The Balaban J connectivity index is 1.14. The topological polar surface area (TPSA) is 90.0 Å². The van der Waals surface area contributed by atoms with Gasteiger partial charge in [-0.25, -0.2) is 9.18 Å². The SMILES string of the molecule is CC1(C)CCC(CN2CCN(Cc3ccc4c(c3)CN(C3CCC(=O)NC3=O)C4=O)C2=O)=C(c2ccc(F)cc2)C1. The molecular formula is C32H35FN4O4. The molecule has 41 heavy (non-hydrogen) atoms. The normalized spacial score (nSPS) is 22.5. The van der Waals surface area contributed by atoms with Crippen molar-refractivity contribution >= 4 is 29.3 Å². The lowest BCUT2D eigenvalue weighted by atomic mass is 9.72. The maximum Gasteiger partial charge on any atom is 0.320 e. The van der Waals surface area contributed by atoms with Crippen molar-refractivity contribution in [2.45, 2.75) is 65.1 Å². The Kier molecular flexibility index (Phi) is 6.91. The minimum Gasteiger partial charge on any atom is -0.322 e. The first-order valence-electron chi connectivity index (χ1n) is 14.4. The van der Waals surface area contributed by atoms with Crippen LogP contribution in [-0.2, 0) is 22.7 Å². The van der Waals surface area contributed by atoms with Gasteiger partial charge in [0, 0.05) is 44.7 Å². The molecule has 6 rings (SSSR count). The Hall–Kier alpha value is -4.01. The Labute approximate surface area is 239 Å². The molecule has 2 saturated heterocycles. The lowest BCUT2D eigenvalue weighted by Gasteiger charge is -2.35. The molecule has 4 aliphatic rings. The number of nitrogens with one attached hydrogen (secondary N) is 1. The third-order valence-electron chi connectivity index (χ3n) is 8.90. The van der Waals surface area contributed by atoms with Gasteiger partial charge in [-0.05, 0) is 77.1 Å². The third-order valence-corrected chi connectivity index (χ3v) is 8.90. The van der Waals surface area contributed by atoms with Crippen LogP contribution in [0.5, 0.6) is 0 Å². The zero-order valence-electron chi connectivity index (χ0n) is 23.5. The number of imide groups is 1. The number of piperidine rings is 1. The zero-order chi connectivity index (χ0) is 28.9. The van der Waals surface area contributed by atoms with Gasteiger partial charge in [-0.1, -0.05) is 38.1 Å². The van der Waals surface area contributed by atoms with Crippen LogP contribution in [0.1, 0.15) is 73.0 Å². The molecule has 1 N–H and O–H groups in total. The zero-order valence-corrected chi connectivity index (χ0v) is 23.5. The average Bonchev–Trinajstić information content (AvgIpc) is 3.44. The predicted octanol–water partition coefficient (Wildman–Crippen LogP) is 4.49. The largest absolute Gasteiger partial charge is 0.322 e. The molecule has 3 heterocycles. The van der Waals surface area contributed by atoms with E-state index in [0.29, 0.717) is 44.7 Å². The van der Waals surface area contributed by atoms with Crippen LogP contribution in [0.15, 0.2) is 48.0 Å². The predicted molar refractivity (Wildman–Crippen MR) is 151 cm³/mol. The van der Waals surface area contributed by atoms with Crippen molar-refractivity contribution < 1.29 is 23.6 Å². The monoisotopic (exact) mass is 558 g/mol. The van der Waals surface area contributed by atoms with Gasteiger partial charge in [0.1, 0.15) is 11.9 Å². The lowest BCUT2D eigenvalue weighted by molar-refractivity contribution is -0.136. The smallest absolute Gasteiger partial charge is 0.320 e. The number of allylic oxidation sites excluding steroid dienone is 1. The van der Waals surface area contributed by atoms with E-state index in [1.165, 1.54) is 28.2 Å². The fourth-order valence-corrected chi connectivity index (χ4v) is 6.57. The second kappa shape index (κ2) is 10.4. The van der Waals surface area contributed by atoms with Crippen LogP contribution in [0.25, 0.3) is 5.57 Å². The number of urea groups is 1. The minimum absolute atomic E-state index is 0.0115. The van der Waals surface area contributed by atoms with Crippen molar-refractivity contribution in [1.82, 2.24) is 20.0 Å². The van der Waals surface area contributed by atoms with E-state index in [1.54, 1.807) is 6.07 Å². The lowest BCUT2D eigenvalue weighted by Crippen LogP contribution is -2.52. The summed E-state index contributed by atoms with van der Waals surface area (Å²) in [6.07, 6.45) is 3.39. The first-order valence-corrected chi connectivity index (χ1v) is 14.4. The van der Waals surface area contributed by atoms with E-state index in [0.717, 1.165) is 36.0 Å². The second-order valence-corrected chi connectivity index (χ2v) is 12.4. The van der Waals surface area contributed by atoms with Gasteiger partial charge in [0.15, 0.2) is 0 Å². The summed E-state index contributed by atoms with van der Waals surface area (Å²) >= 11 is 0. The van der Waals surface area contributed by atoms with Crippen LogP contribution in [0.4, 0.5) is 9.18 Å². The van der Waals surface area contributed by atoms with E-state index in [1.807, 2.05) is 34.1 Å². The number of amides is 5. The molecule has 9 heteroatoms. The maximum absolute atomic E-state index is 13.6. The molecule has 3 aliphatic heterocycles. The van der Waals surface area contributed by atoms with E-state index in [2.05, 4.69) is 19.2 Å². The van der Waals surface area contributed by atoms with Crippen molar-refractivity contribution in [3.8, 4) is 0 Å². The molecule has 0 spiro atoms. The Bertz CT molecular complexity index is 1460. The summed E-state index contributed by atoms with van der Waals surface area (Å²) < 4.78 is 13.6.